The molecule has 0 saturated carbocycles. The second-order valence-electron chi connectivity index (χ2n) is 4.98. The Hall–Kier alpha value is -0.670. The predicted octanol–water partition coefficient (Wildman–Crippen LogP) is 3.48. The first kappa shape index (κ1) is 15.4. The number of ether oxygens (including phenoxy) is 1. The van der Waals surface area contributed by atoms with Crippen LogP contribution in [0, 0.1) is 12.8 Å². The highest BCUT2D eigenvalue weighted by Gasteiger charge is 2.04. The van der Waals surface area contributed by atoms with Gasteiger partial charge in [0.05, 0.1) is 6.61 Å². The standard InChI is InChI=1S/C15H25NOS/c1-12(2)10-16-11-14-9-13(3)5-6-15(14)17-7-8-18-4/h5-6,9,12,16H,7-8,10-11H2,1-4H3. The van der Waals surface area contributed by atoms with Crippen LogP contribution in [0.1, 0.15) is 25.0 Å². The Labute approximate surface area is 116 Å². The Kier molecular flexibility index (Phi) is 7.21. The van der Waals surface area contributed by atoms with Crippen molar-refractivity contribution >= 4 is 11.8 Å². The first-order chi connectivity index (χ1) is 8.63. The summed E-state index contributed by atoms with van der Waals surface area (Å²) in [5.74, 6) is 2.73. The Morgan fingerprint density at radius 1 is 1.33 bits per heavy atom. The molecule has 0 spiro atoms. The maximum absolute atomic E-state index is 5.83. The lowest BCUT2D eigenvalue weighted by Gasteiger charge is -2.13. The van der Waals surface area contributed by atoms with Crippen molar-refractivity contribution in [3.63, 3.8) is 0 Å². The van der Waals surface area contributed by atoms with Gasteiger partial charge in [0.15, 0.2) is 0 Å². The molecule has 0 heterocycles. The molecule has 0 aliphatic heterocycles. The van der Waals surface area contributed by atoms with Crippen LogP contribution in [0.2, 0.25) is 0 Å². The van der Waals surface area contributed by atoms with Gasteiger partial charge < -0.3 is 10.1 Å². The summed E-state index contributed by atoms with van der Waals surface area (Å²) < 4.78 is 5.83. The summed E-state index contributed by atoms with van der Waals surface area (Å²) in [6.45, 7) is 9.27. The average molecular weight is 267 g/mol. The molecule has 18 heavy (non-hydrogen) atoms. The fourth-order valence-electron chi connectivity index (χ4n) is 1.72. The highest BCUT2D eigenvalue weighted by molar-refractivity contribution is 7.98. The first-order valence-corrected chi connectivity index (χ1v) is 7.95. The number of hydrogen-bond acceptors (Lipinski definition) is 3. The van der Waals surface area contributed by atoms with Gasteiger partial charge in [-0.3, -0.25) is 0 Å². The van der Waals surface area contributed by atoms with E-state index in [0.29, 0.717) is 5.92 Å². The van der Waals surface area contributed by atoms with E-state index in [1.807, 2.05) is 11.8 Å². The molecule has 0 aromatic heterocycles. The topological polar surface area (TPSA) is 21.3 Å². The Bertz CT molecular complexity index is 352. The van der Waals surface area contributed by atoms with Gasteiger partial charge in [-0.2, -0.15) is 11.8 Å². The van der Waals surface area contributed by atoms with Crippen LogP contribution in [0.5, 0.6) is 5.75 Å². The van der Waals surface area contributed by atoms with Gasteiger partial charge in [-0.15, -0.1) is 0 Å². The van der Waals surface area contributed by atoms with E-state index >= 15 is 0 Å². The summed E-state index contributed by atoms with van der Waals surface area (Å²) in [5, 5.41) is 3.47. The molecule has 0 unspecified atom stereocenters. The number of thioether (sulfide) groups is 1. The van der Waals surface area contributed by atoms with Crippen LogP contribution in [0.3, 0.4) is 0 Å². The van der Waals surface area contributed by atoms with Gasteiger partial charge in [-0.25, -0.2) is 0 Å². The summed E-state index contributed by atoms with van der Waals surface area (Å²) in [6.07, 6.45) is 2.10. The molecule has 0 radical (unpaired) electrons. The van der Waals surface area contributed by atoms with E-state index in [1.54, 1.807) is 0 Å². The van der Waals surface area contributed by atoms with Gasteiger partial charge in [0, 0.05) is 17.9 Å². The van der Waals surface area contributed by atoms with Crippen molar-refractivity contribution in [3.05, 3.63) is 29.3 Å². The fourth-order valence-corrected chi connectivity index (χ4v) is 1.97. The van der Waals surface area contributed by atoms with Gasteiger partial charge in [0.25, 0.3) is 0 Å². The van der Waals surface area contributed by atoms with Crippen molar-refractivity contribution in [2.75, 3.05) is 25.2 Å². The number of hydrogen-bond donors (Lipinski definition) is 1. The van der Waals surface area contributed by atoms with Crippen LogP contribution < -0.4 is 10.1 Å². The third-order valence-corrected chi connectivity index (χ3v) is 3.20. The average Bonchev–Trinajstić information content (AvgIpc) is 2.31. The van der Waals surface area contributed by atoms with Crippen molar-refractivity contribution in [2.45, 2.75) is 27.3 Å². The lowest BCUT2D eigenvalue weighted by molar-refractivity contribution is 0.338. The normalized spacial score (nSPS) is 10.9. The summed E-state index contributed by atoms with van der Waals surface area (Å²) in [5.41, 5.74) is 2.55. The highest BCUT2D eigenvalue weighted by Crippen LogP contribution is 2.20. The van der Waals surface area contributed by atoms with Crippen LogP contribution in [-0.4, -0.2) is 25.2 Å². The molecule has 0 aliphatic carbocycles. The molecule has 1 N–H and O–H groups in total. The minimum absolute atomic E-state index is 0.677. The SMILES string of the molecule is CSCCOc1ccc(C)cc1CNCC(C)C. The molecule has 0 amide bonds. The van der Waals surface area contributed by atoms with Crippen molar-refractivity contribution in [3.8, 4) is 5.75 Å². The molecule has 1 aromatic carbocycles. The summed E-state index contributed by atoms with van der Waals surface area (Å²) in [4.78, 5) is 0. The van der Waals surface area contributed by atoms with Gasteiger partial charge in [0.1, 0.15) is 5.75 Å². The third-order valence-electron chi connectivity index (χ3n) is 2.63. The second kappa shape index (κ2) is 8.44. The van der Waals surface area contributed by atoms with E-state index < -0.39 is 0 Å². The third kappa shape index (κ3) is 5.78. The van der Waals surface area contributed by atoms with Gasteiger partial charge in [0.2, 0.25) is 0 Å². The zero-order valence-corrected chi connectivity index (χ0v) is 12.8. The number of benzene rings is 1. The molecule has 0 fully saturated rings. The quantitative estimate of drug-likeness (QED) is 0.729. The number of nitrogens with one attached hydrogen (secondary N) is 1. The Balaban J connectivity index is 2.58. The fraction of sp³-hybridized carbons (Fsp3) is 0.600. The van der Waals surface area contributed by atoms with E-state index in [9.17, 15) is 0 Å². The maximum Gasteiger partial charge on any atom is 0.123 e. The van der Waals surface area contributed by atoms with Crippen molar-refractivity contribution in [1.82, 2.24) is 5.32 Å². The highest BCUT2D eigenvalue weighted by atomic mass is 32.2. The Morgan fingerprint density at radius 2 is 2.11 bits per heavy atom. The maximum atomic E-state index is 5.83. The molecular formula is C15H25NOS. The molecule has 1 rings (SSSR count). The molecule has 2 nitrogen and oxygen atoms in total. The van der Waals surface area contributed by atoms with Crippen molar-refractivity contribution in [1.29, 1.82) is 0 Å². The van der Waals surface area contributed by atoms with Crippen LogP contribution in [0.25, 0.3) is 0 Å². The summed E-state index contributed by atoms with van der Waals surface area (Å²) in [7, 11) is 0. The lowest BCUT2D eigenvalue weighted by Crippen LogP contribution is -2.19. The zero-order valence-electron chi connectivity index (χ0n) is 12.0. The molecule has 0 bridgehead atoms. The smallest absolute Gasteiger partial charge is 0.123 e. The molecule has 3 heteroatoms. The molecule has 0 saturated heterocycles. The molecule has 102 valence electrons. The van der Waals surface area contributed by atoms with Crippen molar-refractivity contribution in [2.24, 2.45) is 5.92 Å². The van der Waals surface area contributed by atoms with Gasteiger partial charge in [-0.1, -0.05) is 31.5 Å². The molecule has 0 atom stereocenters. The van der Waals surface area contributed by atoms with E-state index in [4.69, 9.17) is 4.74 Å². The van der Waals surface area contributed by atoms with Gasteiger partial charge in [-0.05, 0) is 31.7 Å². The predicted molar refractivity (Wildman–Crippen MR) is 81.6 cm³/mol. The zero-order chi connectivity index (χ0) is 13.4. The van der Waals surface area contributed by atoms with Gasteiger partial charge >= 0.3 is 0 Å². The minimum Gasteiger partial charge on any atom is -0.492 e. The van der Waals surface area contributed by atoms with Crippen LogP contribution in [-0.2, 0) is 6.54 Å². The van der Waals surface area contributed by atoms with Crippen LogP contribution in [0.4, 0.5) is 0 Å². The number of rotatable bonds is 8. The largest absolute Gasteiger partial charge is 0.492 e. The molecule has 0 aliphatic rings. The lowest BCUT2D eigenvalue weighted by atomic mass is 10.1. The van der Waals surface area contributed by atoms with Crippen LogP contribution in [0.15, 0.2) is 18.2 Å². The summed E-state index contributed by atoms with van der Waals surface area (Å²) >= 11 is 1.81. The minimum atomic E-state index is 0.677. The van der Waals surface area contributed by atoms with Crippen molar-refractivity contribution < 1.29 is 4.74 Å². The number of aryl methyl sites for hydroxylation is 1. The first-order valence-electron chi connectivity index (χ1n) is 6.55. The Morgan fingerprint density at radius 3 is 2.78 bits per heavy atom. The van der Waals surface area contributed by atoms with E-state index in [1.165, 1.54) is 11.1 Å². The van der Waals surface area contributed by atoms with E-state index in [0.717, 1.165) is 31.2 Å². The molecular weight excluding hydrogens is 242 g/mol. The van der Waals surface area contributed by atoms with Crippen LogP contribution >= 0.6 is 11.8 Å². The summed E-state index contributed by atoms with van der Waals surface area (Å²) in [6, 6.07) is 6.41. The van der Waals surface area contributed by atoms with E-state index in [-0.39, 0.29) is 0 Å². The molecule has 1 aromatic rings. The van der Waals surface area contributed by atoms with E-state index in [2.05, 4.69) is 50.5 Å². The second-order valence-corrected chi connectivity index (χ2v) is 5.96. The monoisotopic (exact) mass is 267 g/mol.